The molecule has 0 radical (unpaired) electrons. The van der Waals surface area contributed by atoms with E-state index in [4.69, 9.17) is 0 Å². The van der Waals surface area contributed by atoms with Crippen LogP contribution in [0.4, 0.5) is 0 Å². The van der Waals surface area contributed by atoms with Crippen LogP contribution in [-0.2, 0) is 12.1 Å². The summed E-state index contributed by atoms with van der Waals surface area (Å²) in [5.74, 6) is 0. The highest BCUT2D eigenvalue weighted by Gasteiger charge is 2.37. The number of hydrogen-bond donors (Lipinski definition) is 1. The van der Waals surface area contributed by atoms with Crippen molar-refractivity contribution in [2.75, 3.05) is 19.6 Å². The second kappa shape index (κ2) is 6.18. The van der Waals surface area contributed by atoms with E-state index in [1.807, 2.05) is 23.1 Å². The van der Waals surface area contributed by atoms with Crippen LogP contribution in [0.5, 0.6) is 0 Å². The summed E-state index contributed by atoms with van der Waals surface area (Å²) >= 11 is 0. The van der Waals surface area contributed by atoms with Gasteiger partial charge in [0, 0.05) is 31.5 Å². The van der Waals surface area contributed by atoms with Crippen molar-refractivity contribution in [2.24, 2.45) is 0 Å². The molecular weight excluding hydrogens is 280 g/mol. The van der Waals surface area contributed by atoms with Crippen LogP contribution < -0.4 is 0 Å². The minimum Gasteiger partial charge on any atom is -0.382 e. The van der Waals surface area contributed by atoms with Crippen molar-refractivity contribution in [3.8, 4) is 0 Å². The lowest BCUT2D eigenvalue weighted by Crippen LogP contribution is -2.47. The monoisotopic (exact) mass is 304 g/mol. The maximum atomic E-state index is 11.0. The highest BCUT2D eigenvalue weighted by molar-refractivity contribution is 5.09. The molecular formula is C15H24N6O. The van der Waals surface area contributed by atoms with Crippen molar-refractivity contribution in [1.82, 2.24) is 29.7 Å². The number of piperidine rings is 1. The van der Waals surface area contributed by atoms with Crippen molar-refractivity contribution in [3.05, 3.63) is 30.4 Å². The number of rotatable bonds is 5. The van der Waals surface area contributed by atoms with Gasteiger partial charge in [0.05, 0.1) is 12.7 Å². The topological polar surface area (TPSA) is 72.0 Å². The first-order valence-corrected chi connectivity index (χ1v) is 7.91. The first-order valence-electron chi connectivity index (χ1n) is 7.91. The molecule has 22 heavy (non-hydrogen) atoms. The van der Waals surface area contributed by atoms with Gasteiger partial charge in [0.15, 0.2) is 0 Å². The molecule has 0 spiro atoms. The first-order chi connectivity index (χ1) is 10.6. The fourth-order valence-electron chi connectivity index (χ4n) is 2.94. The molecule has 1 saturated heterocycles. The van der Waals surface area contributed by atoms with Crippen LogP contribution in [0, 0.1) is 0 Å². The summed E-state index contributed by atoms with van der Waals surface area (Å²) in [5.41, 5.74) is -0.208. The maximum Gasteiger partial charge on any atom is 0.123 e. The van der Waals surface area contributed by atoms with Gasteiger partial charge in [-0.25, -0.2) is 4.68 Å². The Morgan fingerprint density at radius 1 is 1.36 bits per heavy atom. The Balaban J connectivity index is 1.65. The molecule has 3 heterocycles. The second-order valence-corrected chi connectivity index (χ2v) is 6.36. The van der Waals surface area contributed by atoms with Gasteiger partial charge in [-0.3, -0.25) is 9.58 Å². The number of aromatic nitrogens is 5. The van der Waals surface area contributed by atoms with Gasteiger partial charge in [-0.2, -0.15) is 5.10 Å². The SMILES string of the molecule is CC(C)n1cc(C2(O)CCCN(CCn3cccn3)C2)nn1. The zero-order valence-electron chi connectivity index (χ0n) is 13.3. The van der Waals surface area contributed by atoms with Crippen LogP contribution in [0.25, 0.3) is 0 Å². The lowest BCUT2D eigenvalue weighted by molar-refractivity contribution is -0.0398. The zero-order valence-corrected chi connectivity index (χ0v) is 13.3. The van der Waals surface area contributed by atoms with Crippen LogP contribution in [-0.4, -0.2) is 54.4 Å². The average Bonchev–Trinajstić information content (AvgIpc) is 3.17. The van der Waals surface area contributed by atoms with E-state index >= 15 is 0 Å². The molecule has 1 unspecified atom stereocenters. The molecule has 7 heteroatoms. The summed E-state index contributed by atoms with van der Waals surface area (Å²) in [6, 6.07) is 2.18. The van der Waals surface area contributed by atoms with E-state index in [0.29, 0.717) is 12.2 Å². The minimum absolute atomic E-state index is 0.254. The fourth-order valence-corrected chi connectivity index (χ4v) is 2.94. The third kappa shape index (κ3) is 3.20. The van der Waals surface area contributed by atoms with E-state index in [2.05, 4.69) is 34.2 Å². The molecule has 1 aliphatic heterocycles. The molecule has 0 amide bonds. The van der Waals surface area contributed by atoms with E-state index in [1.54, 1.807) is 10.9 Å². The molecule has 1 fully saturated rings. The Bertz CT molecular complexity index is 593. The Labute approximate surface area is 130 Å². The Morgan fingerprint density at radius 3 is 2.91 bits per heavy atom. The van der Waals surface area contributed by atoms with Gasteiger partial charge in [-0.05, 0) is 39.3 Å². The molecule has 0 bridgehead atoms. The summed E-state index contributed by atoms with van der Waals surface area (Å²) in [6.07, 6.45) is 7.33. The van der Waals surface area contributed by atoms with Crippen molar-refractivity contribution in [2.45, 2.75) is 44.9 Å². The van der Waals surface area contributed by atoms with Crippen LogP contribution in [0.2, 0.25) is 0 Å². The maximum absolute atomic E-state index is 11.0. The largest absolute Gasteiger partial charge is 0.382 e. The minimum atomic E-state index is -0.893. The van der Waals surface area contributed by atoms with Crippen molar-refractivity contribution in [3.63, 3.8) is 0 Å². The third-order valence-electron chi connectivity index (χ3n) is 4.27. The Morgan fingerprint density at radius 2 is 2.23 bits per heavy atom. The molecule has 120 valence electrons. The predicted octanol–water partition coefficient (Wildman–Crippen LogP) is 1.04. The molecule has 2 aromatic heterocycles. The smallest absolute Gasteiger partial charge is 0.123 e. The van der Waals surface area contributed by atoms with Crippen molar-refractivity contribution < 1.29 is 5.11 Å². The molecule has 0 aromatic carbocycles. The zero-order chi connectivity index (χ0) is 15.6. The molecule has 1 aliphatic rings. The standard InChI is InChI=1S/C15H24N6O/c1-13(2)21-11-14(17-18-21)15(22)5-3-7-19(12-15)9-10-20-8-4-6-16-20/h4,6,8,11,13,22H,3,5,7,9-10,12H2,1-2H3. The number of likely N-dealkylation sites (tertiary alicyclic amines) is 1. The lowest BCUT2D eigenvalue weighted by atomic mass is 9.90. The molecule has 2 aromatic rings. The van der Waals surface area contributed by atoms with E-state index in [1.165, 1.54) is 0 Å². The number of aliphatic hydroxyl groups is 1. The number of hydrogen-bond acceptors (Lipinski definition) is 5. The van der Waals surface area contributed by atoms with Crippen LogP contribution in [0.15, 0.2) is 24.7 Å². The van der Waals surface area contributed by atoms with Gasteiger partial charge in [0.25, 0.3) is 0 Å². The third-order valence-corrected chi connectivity index (χ3v) is 4.27. The lowest BCUT2D eigenvalue weighted by Gasteiger charge is -2.37. The fraction of sp³-hybridized carbons (Fsp3) is 0.667. The Hall–Kier alpha value is -1.73. The highest BCUT2D eigenvalue weighted by Crippen LogP contribution is 2.30. The summed E-state index contributed by atoms with van der Waals surface area (Å²) < 4.78 is 3.72. The van der Waals surface area contributed by atoms with Crippen molar-refractivity contribution >= 4 is 0 Å². The molecule has 7 nitrogen and oxygen atoms in total. The molecule has 0 aliphatic carbocycles. The molecule has 1 N–H and O–H groups in total. The summed E-state index contributed by atoms with van der Waals surface area (Å²) in [6.45, 7) is 7.43. The van der Waals surface area contributed by atoms with Gasteiger partial charge in [0.1, 0.15) is 11.3 Å². The molecule has 3 rings (SSSR count). The summed E-state index contributed by atoms with van der Waals surface area (Å²) in [7, 11) is 0. The quantitative estimate of drug-likeness (QED) is 0.893. The highest BCUT2D eigenvalue weighted by atomic mass is 16.3. The molecule has 1 atom stereocenters. The normalized spacial score (nSPS) is 23.3. The first kappa shape index (κ1) is 15.2. The van der Waals surface area contributed by atoms with Crippen LogP contribution in [0.1, 0.15) is 38.4 Å². The van der Waals surface area contributed by atoms with Crippen LogP contribution in [0.3, 0.4) is 0 Å². The summed E-state index contributed by atoms with van der Waals surface area (Å²) in [5, 5.41) is 23.5. The van der Waals surface area contributed by atoms with E-state index in [-0.39, 0.29) is 6.04 Å². The number of β-amino-alcohol motifs (C(OH)–C–C–N with tert-alkyl or cyclic N) is 1. The Kier molecular flexibility index (Phi) is 4.26. The van der Waals surface area contributed by atoms with E-state index in [9.17, 15) is 5.11 Å². The van der Waals surface area contributed by atoms with Gasteiger partial charge in [0.2, 0.25) is 0 Å². The van der Waals surface area contributed by atoms with Gasteiger partial charge in [-0.15, -0.1) is 5.10 Å². The molecule has 0 saturated carbocycles. The van der Waals surface area contributed by atoms with Gasteiger partial charge in [-0.1, -0.05) is 5.21 Å². The van der Waals surface area contributed by atoms with Crippen molar-refractivity contribution in [1.29, 1.82) is 0 Å². The average molecular weight is 304 g/mol. The predicted molar refractivity (Wildman–Crippen MR) is 82.2 cm³/mol. The van der Waals surface area contributed by atoms with Gasteiger partial charge < -0.3 is 5.11 Å². The second-order valence-electron chi connectivity index (χ2n) is 6.36. The summed E-state index contributed by atoms with van der Waals surface area (Å²) in [4.78, 5) is 2.28. The van der Waals surface area contributed by atoms with E-state index in [0.717, 1.165) is 32.5 Å². The van der Waals surface area contributed by atoms with Crippen LogP contribution >= 0.6 is 0 Å². The van der Waals surface area contributed by atoms with Gasteiger partial charge >= 0.3 is 0 Å². The van der Waals surface area contributed by atoms with E-state index < -0.39 is 5.60 Å². The number of nitrogens with zero attached hydrogens (tertiary/aromatic N) is 6.